The molecule has 18 heavy (non-hydrogen) atoms. The van der Waals surface area contributed by atoms with Gasteiger partial charge >= 0.3 is 0 Å². The molecule has 0 unspecified atom stereocenters. The van der Waals surface area contributed by atoms with Crippen molar-refractivity contribution in [1.82, 2.24) is 19.6 Å². The van der Waals surface area contributed by atoms with Gasteiger partial charge in [0.25, 0.3) is 0 Å². The lowest BCUT2D eigenvalue weighted by Crippen LogP contribution is -2.15. The molecule has 96 valence electrons. The van der Waals surface area contributed by atoms with E-state index in [1.54, 1.807) is 28.7 Å². The lowest BCUT2D eigenvalue weighted by atomic mass is 10.4. The number of halogens is 1. The molecular weight excluding hydrogens is 298 g/mol. The maximum Gasteiger partial charge on any atom is 0.227 e. The monoisotopic (exact) mass is 311 g/mol. The summed E-state index contributed by atoms with van der Waals surface area (Å²) in [5.74, 6) is 0.498. The van der Waals surface area contributed by atoms with Crippen LogP contribution in [-0.4, -0.2) is 25.5 Å². The van der Waals surface area contributed by atoms with Crippen molar-refractivity contribution in [3.05, 3.63) is 28.6 Å². The molecule has 0 aliphatic rings. The fourth-order valence-electron chi connectivity index (χ4n) is 1.51. The van der Waals surface area contributed by atoms with Crippen LogP contribution >= 0.6 is 15.9 Å². The zero-order chi connectivity index (χ0) is 13.1. The summed E-state index contributed by atoms with van der Waals surface area (Å²) in [6, 6.07) is 1.76. The average molecular weight is 312 g/mol. The third kappa shape index (κ3) is 3.19. The molecule has 0 aromatic carbocycles. The second-order valence-corrected chi connectivity index (χ2v) is 4.85. The van der Waals surface area contributed by atoms with Gasteiger partial charge in [-0.1, -0.05) is 0 Å². The zero-order valence-electron chi connectivity index (χ0n) is 10.2. The Labute approximate surface area is 113 Å². The number of aromatic nitrogens is 4. The van der Waals surface area contributed by atoms with Gasteiger partial charge in [0, 0.05) is 38.5 Å². The van der Waals surface area contributed by atoms with Crippen molar-refractivity contribution in [2.45, 2.75) is 19.9 Å². The molecule has 0 aliphatic heterocycles. The Hall–Kier alpha value is -1.63. The van der Waals surface area contributed by atoms with Crippen molar-refractivity contribution in [3.8, 4) is 0 Å². The van der Waals surface area contributed by atoms with E-state index in [4.69, 9.17) is 0 Å². The van der Waals surface area contributed by atoms with Gasteiger partial charge in [0.2, 0.25) is 5.91 Å². The van der Waals surface area contributed by atoms with E-state index in [0.29, 0.717) is 18.8 Å². The van der Waals surface area contributed by atoms with Gasteiger partial charge in [-0.25, -0.2) is 0 Å². The Balaban J connectivity index is 1.85. The van der Waals surface area contributed by atoms with Gasteiger partial charge in [-0.3, -0.25) is 14.2 Å². The van der Waals surface area contributed by atoms with Gasteiger partial charge in [0.1, 0.15) is 0 Å². The molecule has 2 rings (SSSR count). The van der Waals surface area contributed by atoms with E-state index in [1.165, 1.54) is 0 Å². The fourth-order valence-corrected chi connectivity index (χ4v) is 1.83. The number of rotatable bonds is 4. The highest BCUT2D eigenvalue weighted by Crippen LogP contribution is 2.13. The molecule has 0 saturated heterocycles. The van der Waals surface area contributed by atoms with Crippen molar-refractivity contribution < 1.29 is 4.79 Å². The summed E-state index contributed by atoms with van der Waals surface area (Å²) < 4.78 is 4.34. The highest BCUT2D eigenvalue weighted by atomic mass is 79.9. The van der Waals surface area contributed by atoms with Crippen LogP contribution in [0.1, 0.15) is 12.1 Å². The molecular formula is C11H14BrN5O. The SMILES string of the molecule is Cc1nn(CCC(=O)Nc2ccn(C)n2)cc1Br. The van der Waals surface area contributed by atoms with E-state index in [0.717, 1.165) is 10.2 Å². The maximum absolute atomic E-state index is 11.7. The summed E-state index contributed by atoms with van der Waals surface area (Å²) in [6.45, 7) is 2.46. The Morgan fingerprint density at radius 1 is 1.50 bits per heavy atom. The molecule has 0 saturated carbocycles. The summed E-state index contributed by atoms with van der Waals surface area (Å²) >= 11 is 3.38. The molecule has 0 bridgehead atoms. The molecule has 1 N–H and O–H groups in total. The predicted octanol–water partition coefficient (Wildman–Crippen LogP) is 1.72. The second kappa shape index (κ2) is 5.34. The molecule has 7 heteroatoms. The van der Waals surface area contributed by atoms with Crippen molar-refractivity contribution in [2.24, 2.45) is 7.05 Å². The van der Waals surface area contributed by atoms with Crippen LogP contribution in [-0.2, 0) is 18.4 Å². The number of nitrogens with zero attached hydrogens (tertiary/aromatic N) is 4. The van der Waals surface area contributed by atoms with Crippen molar-refractivity contribution in [1.29, 1.82) is 0 Å². The number of nitrogens with one attached hydrogen (secondary N) is 1. The van der Waals surface area contributed by atoms with Crippen LogP contribution < -0.4 is 5.32 Å². The third-order valence-corrected chi connectivity index (χ3v) is 3.21. The van der Waals surface area contributed by atoms with E-state index < -0.39 is 0 Å². The van der Waals surface area contributed by atoms with Crippen LogP contribution in [0.15, 0.2) is 22.9 Å². The molecule has 2 aromatic rings. The largest absolute Gasteiger partial charge is 0.309 e. The number of amides is 1. The molecule has 1 amide bonds. The Bertz CT molecular complexity index is 540. The predicted molar refractivity (Wildman–Crippen MR) is 71.1 cm³/mol. The lowest BCUT2D eigenvalue weighted by Gasteiger charge is -2.02. The van der Waals surface area contributed by atoms with Crippen molar-refractivity contribution in [2.75, 3.05) is 5.32 Å². The van der Waals surface area contributed by atoms with E-state index in [2.05, 4.69) is 31.4 Å². The molecule has 0 spiro atoms. The first-order valence-electron chi connectivity index (χ1n) is 5.53. The molecule has 0 fully saturated rings. The lowest BCUT2D eigenvalue weighted by molar-refractivity contribution is -0.116. The quantitative estimate of drug-likeness (QED) is 0.935. The topological polar surface area (TPSA) is 64.7 Å². The summed E-state index contributed by atoms with van der Waals surface area (Å²) in [6.07, 6.45) is 4.01. The Kier molecular flexibility index (Phi) is 3.81. The first-order valence-corrected chi connectivity index (χ1v) is 6.33. The van der Waals surface area contributed by atoms with Crippen LogP contribution in [0.3, 0.4) is 0 Å². The van der Waals surface area contributed by atoms with E-state index >= 15 is 0 Å². The van der Waals surface area contributed by atoms with Crippen LogP contribution in [0, 0.1) is 6.92 Å². The van der Waals surface area contributed by atoms with Crippen molar-refractivity contribution >= 4 is 27.7 Å². The van der Waals surface area contributed by atoms with Crippen molar-refractivity contribution in [3.63, 3.8) is 0 Å². The molecule has 2 aromatic heterocycles. The Morgan fingerprint density at radius 3 is 2.83 bits per heavy atom. The number of anilines is 1. The second-order valence-electron chi connectivity index (χ2n) is 4.00. The fraction of sp³-hybridized carbons (Fsp3) is 0.364. The highest BCUT2D eigenvalue weighted by Gasteiger charge is 2.06. The third-order valence-electron chi connectivity index (χ3n) is 2.44. The van der Waals surface area contributed by atoms with Gasteiger partial charge in [-0.15, -0.1) is 0 Å². The van der Waals surface area contributed by atoms with Crippen LogP contribution in [0.25, 0.3) is 0 Å². The number of hydrogen-bond acceptors (Lipinski definition) is 3. The smallest absolute Gasteiger partial charge is 0.227 e. The van der Waals surface area contributed by atoms with Crippen LogP contribution in [0.5, 0.6) is 0 Å². The van der Waals surface area contributed by atoms with Gasteiger partial charge in [-0.05, 0) is 22.9 Å². The van der Waals surface area contributed by atoms with Crippen LogP contribution in [0.2, 0.25) is 0 Å². The summed E-state index contributed by atoms with van der Waals surface area (Å²) in [7, 11) is 1.81. The molecule has 0 radical (unpaired) electrons. The average Bonchev–Trinajstić information content (AvgIpc) is 2.84. The minimum absolute atomic E-state index is 0.0713. The minimum atomic E-state index is -0.0713. The highest BCUT2D eigenvalue weighted by molar-refractivity contribution is 9.10. The zero-order valence-corrected chi connectivity index (χ0v) is 11.8. The number of carbonyl (C=O) groups is 1. The van der Waals surface area contributed by atoms with Gasteiger partial charge < -0.3 is 5.32 Å². The summed E-state index contributed by atoms with van der Waals surface area (Å²) in [4.78, 5) is 11.7. The summed E-state index contributed by atoms with van der Waals surface area (Å²) in [5, 5.41) is 11.1. The minimum Gasteiger partial charge on any atom is -0.309 e. The molecule has 6 nitrogen and oxygen atoms in total. The Morgan fingerprint density at radius 2 is 2.28 bits per heavy atom. The molecule has 2 heterocycles. The van der Waals surface area contributed by atoms with E-state index in [1.807, 2.05) is 13.1 Å². The van der Waals surface area contributed by atoms with Crippen LogP contribution in [0.4, 0.5) is 5.82 Å². The number of carbonyl (C=O) groups excluding carboxylic acids is 1. The number of aryl methyl sites for hydroxylation is 3. The molecule has 0 aliphatic carbocycles. The van der Waals surface area contributed by atoms with E-state index in [-0.39, 0.29) is 5.91 Å². The normalized spacial score (nSPS) is 10.6. The standard InChI is InChI=1S/C11H14BrN5O/c1-8-9(12)7-17(14-8)6-4-11(18)13-10-3-5-16(2)15-10/h3,5,7H,4,6H2,1-2H3,(H,13,15,18). The molecule has 0 atom stereocenters. The number of hydrogen-bond donors (Lipinski definition) is 1. The first-order chi connectivity index (χ1) is 8.54. The van der Waals surface area contributed by atoms with Gasteiger partial charge in [0.05, 0.1) is 10.2 Å². The van der Waals surface area contributed by atoms with Gasteiger partial charge in [-0.2, -0.15) is 10.2 Å². The first kappa shape index (κ1) is 12.8. The van der Waals surface area contributed by atoms with E-state index in [9.17, 15) is 4.79 Å². The summed E-state index contributed by atoms with van der Waals surface area (Å²) in [5.41, 5.74) is 0.917. The maximum atomic E-state index is 11.7. The van der Waals surface area contributed by atoms with Gasteiger partial charge in [0.15, 0.2) is 5.82 Å².